The Morgan fingerprint density at radius 3 is 2.35 bits per heavy atom. The number of thiocarbonyl (C=S) groups is 1. The fraction of sp³-hybridized carbons (Fsp3) is 0.452. The molecule has 0 bridgehead atoms. The Kier molecular flexibility index (Phi) is 13.0. The van der Waals surface area contributed by atoms with Crippen LogP contribution in [0.4, 0.5) is 33.3 Å². The number of nitriles is 1. The van der Waals surface area contributed by atoms with E-state index in [1.165, 1.54) is 36.9 Å². The molecule has 60 heavy (non-hydrogen) atoms. The Bertz CT molecular complexity index is 2250. The zero-order valence-corrected chi connectivity index (χ0v) is 34.6. The standard InChI is InChI=1S/C42H42ClF5N6O5S/c1-40(2)38(58)53(30-20-32(42(46,47)48)34(21-49)50-22-30)39(60)54(40)29-5-6-35(33(19-29)41(3,44)45)59-13-10-24-8-11-52(12-9-24)23-31(55)18-26-14-25(16-28(43)17-26)15-27-4-7-36(56)51-37(27)57/h5-6,14,16-17,19-20,22,24,27H,4,7-13,15,18,23H2,1-3H3,(H,51,56,57). The predicted octanol–water partition coefficient (Wildman–Crippen LogP) is 7.54. The van der Waals surface area contributed by atoms with Gasteiger partial charge in [-0.15, -0.1) is 0 Å². The number of halogens is 6. The maximum Gasteiger partial charge on any atom is 0.419 e. The maximum atomic E-state index is 15.1. The number of anilines is 2. The lowest BCUT2D eigenvalue weighted by atomic mass is 9.90. The highest BCUT2D eigenvalue weighted by molar-refractivity contribution is 7.81. The first-order valence-electron chi connectivity index (χ1n) is 19.3. The van der Waals surface area contributed by atoms with E-state index in [0.717, 1.165) is 41.1 Å². The number of imide groups is 1. The largest absolute Gasteiger partial charge is 0.493 e. The smallest absolute Gasteiger partial charge is 0.419 e. The number of pyridine rings is 1. The van der Waals surface area contributed by atoms with Crippen LogP contribution in [-0.4, -0.2) is 70.3 Å². The summed E-state index contributed by atoms with van der Waals surface area (Å²) in [4.78, 5) is 58.3. The molecule has 1 aromatic heterocycles. The molecule has 0 saturated carbocycles. The molecule has 11 nitrogen and oxygen atoms in total. The quantitative estimate of drug-likeness (QED) is 0.104. The number of rotatable bonds is 13. The minimum atomic E-state index is -4.95. The maximum absolute atomic E-state index is 15.1. The lowest BCUT2D eigenvalue weighted by molar-refractivity contribution is -0.138. The molecule has 3 amide bonds. The van der Waals surface area contributed by atoms with E-state index in [0.29, 0.717) is 50.4 Å². The molecule has 0 aliphatic carbocycles. The van der Waals surface area contributed by atoms with Crippen LogP contribution in [0.25, 0.3) is 0 Å². The topological polar surface area (TPSA) is 136 Å². The molecule has 4 heterocycles. The summed E-state index contributed by atoms with van der Waals surface area (Å²) in [6, 6.07) is 11.3. The molecular formula is C42H42ClF5N6O5S. The van der Waals surface area contributed by atoms with Gasteiger partial charge in [0.15, 0.2) is 16.6 Å². The molecule has 3 aliphatic heterocycles. The molecule has 3 fully saturated rings. The first kappa shape index (κ1) is 44.5. The molecule has 6 rings (SSSR count). The molecule has 3 aliphatic rings. The molecule has 1 N–H and O–H groups in total. The van der Waals surface area contributed by atoms with Crippen molar-refractivity contribution in [3.63, 3.8) is 0 Å². The number of alkyl halides is 5. The zero-order chi connectivity index (χ0) is 43.7. The number of hydrogen-bond acceptors (Lipinski definition) is 9. The van der Waals surface area contributed by atoms with E-state index in [2.05, 4.69) is 15.2 Å². The molecular weight excluding hydrogens is 831 g/mol. The lowest BCUT2D eigenvalue weighted by Crippen LogP contribution is -2.44. The summed E-state index contributed by atoms with van der Waals surface area (Å²) in [5.41, 5.74) is -2.88. The van der Waals surface area contributed by atoms with Crippen molar-refractivity contribution in [2.24, 2.45) is 11.8 Å². The van der Waals surface area contributed by atoms with E-state index < -0.39 is 40.4 Å². The van der Waals surface area contributed by atoms with Gasteiger partial charge in [0.1, 0.15) is 17.4 Å². The Balaban J connectivity index is 1.04. The highest BCUT2D eigenvalue weighted by Gasteiger charge is 2.51. The number of aromatic nitrogens is 1. The molecule has 1 atom stereocenters. The van der Waals surface area contributed by atoms with Gasteiger partial charge in [-0.05, 0) is 125 Å². The van der Waals surface area contributed by atoms with E-state index >= 15 is 8.78 Å². The summed E-state index contributed by atoms with van der Waals surface area (Å²) in [5.74, 6) is -4.89. The summed E-state index contributed by atoms with van der Waals surface area (Å²) in [6.07, 6.45) is -0.582. The number of amides is 3. The van der Waals surface area contributed by atoms with Gasteiger partial charge in [-0.25, -0.2) is 13.8 Å². The van der Waals surface area contributed by atoms with Gasteiger partial charge in [0.25, 0.3) is 11.8 Å². The molecule has 1 unspecified atom stereocenters. The first-order valence-corrected chi connectivity index (χ1v) is 20.1. The van der Waals surface area contributed by atoms with Crippen LogP contribution in [0.3, 0.4) is 0 Å². The third-order valence-electron chi connectivity index (χ3n) is 11.0. The minimum absolute atomic E-state index is 0.0134. The minimum Gasteiger partial charge on any atom is -0.493 e. The number of ketones is 1. The van der Waals surface area contributed by atoms with E-state index in [1.54, 1.807) is 12.1 Å². The molecule has 0 radical (unpaired) electrons. The third-order valence-corrected chi connectivity index (χ3v) is 11.6. The van der Waals surface area contributed by atoms with Crippen LogP contribution in [0.15, 0.2) is 48.7 Å². The Morgan fingerprint density at radius 2 is 1.70 bits per heavy atom. The first-order chi connectivity index (χ1) is 28.1. The molecule has 2 aromatic carbocycles. The second kappa shape index (κ2) is 17.5. The monoisotopic (exact) mass is 872 g/mol. The second-order valence-corrected chi connectivity index (χ2v) is 16.8. The van der Waals surface area contributed by atoms with Crippen molar-refractivity contribution in [2.75, 3.05) is 36.0 Å². The van der Waals surface area contributed by atoms with Crippen molar-refractivity contribution in [1.29, 1.82) is 5.26 Å². The van der Waals surface area contributed by atoms with Crippen LogP contribution in [0.5, 0.6) is 5.75 Å². The Morgan fingerprint density at radius 1 is 1.02 bits per heavy atom. The highest BCUT2D eigenvalue weighted by Crippen LogP contribution is 2.43. The average molecular weight is 873 g/mol. The van der Waals surface area contributed by atoms with Gasteiger partial charge < -0.3 is 9.64 Å². The van der Waals surface area contributed by atoms with Gasteiger partial charge in [0, 0.05) is 36.4 Å². The number of carbonyl (C=O) groups is 4. The molecule has 3 aromatic rings. The number of Topliss-reactive ketones (excluding diaryl/α,β-unsaturated/α-hetero) is 1. The number of benzene rings is 2. The summed E-state index contributed by atoms with van der Waals surface area (Å²) in [6.45, 7) is 5.33. The molecule has 318 valence electrons. The predicted molar refractivity (Wildman–Crippen MR) is 216 cm³/mol. The summed E-state index contributed by atoms with van der Waals surface area (Å²) < 4.78 is 77.4. The Labute approximate surface area is 353 Å². The van der Waals surface area contributed by atoms with Crippen LogP contribution in [0.2, 0.25) is 5.02 Å². The van der Waals surface area contributed by atoms with Crippen LogP contribution in [0.1, 0.15) is 80.8 Å². The van der Waals surface area contributed by atoms with E-state index in [9.17, 15) is 32.3 Å². The normalized spacial score (nSPS) is 19.1. The fourth-order valence-corrected chi connectivity index (χ4v) is 8.72. The number of carbonyl (C=O) groups excluding carboxylic acids is 4. The van der Waals surface area contributed by atoms with E-state index in [4.69, 9.17) is 33.8 Å². The van der Waals surface area contributed by atoms with Gasteiger partial charge in [0.2, 0.25) is 11.8 Å². The van der Waals surface area contributed by atoms with Crippen LogP contribution in [-0.2, 0) is 44.1 Å². The number of ether oxygens (including phenoxy) is 1. The number of hydrogen-bond donors (Lipinski definition) is 1. The Hall–Kier alpha value is -5.05. The van der Waals surface area contributed by atoms with Crippen molar-refractivity contribution in [2.45, 2.75) is 83.4 Å². The number of nitrogens with zero attached hydrogens (tertiary/aromatic N) is 5. The summed E-state index contributed by atoms with van der Waals surface area (Å²) in [7, 11) is 0. The SMILES string of the molecule is CC(F)(F)c1cc(N2C(=S)N(c3cnc(C#N)c(C(F)(F)F)c3)C(=O)C2(C)C)ccc1OCCC1CCN(CC(=O)Cc2cc(Cl)cc(CC3CCC(=O)NC3=O)c2)CC1. The summed E-state index contributed by atoms with van der Waals surface area (Å²) in [5, 5.41) is 11.7. The van der Waals surface area contributed by atoms with Crippen LogP contribution in [0, 0.1) is 23.2 Å². The lowest BCUT2D eigenvalue weighted by Gasteiger charge is -2.32. The van der Waals surface area contributed by atoms with E-state index in [1.807, 2.05) is 6.07 Å². The highest BCUT2D eigenvalue weighted by atomic mass is 35.5. The number of piperidine rings is 2. The van der Waals surface area contributed by atoms with Gasteiger partial charge in [0.05, 0.1) is 36.2 Å². The molecule has 0 spiro atoms. The second-order valence-electron chi connectivity index (χ2n) is 16.0. The van der Waals surface area contributed by atoms with Crippen molar-refractivity contribution < 1.29 is 45.9 Å². The van der Waals surface area contributed by atoms with Crippen LogP contribution >= 0.6 is 23.8 Å². The van der Waals surface area contributed by atoms with Gasteiger partial charge in [-0.3, -0.25) is 34.3 Å². The van der Waals surface area contributed by atoms with Crippen molar-refractivity contribution >= 4 is 63.8 Å². The van der Waals surface area contributed by atoms with Gasteiger partial charge in [-0.1, -0.05) is 17.7 Å². The molecule has 3 saturated heterocycles. The molecule has 18 heteroatoms. The fourth-order valence-electron chi connectivity index (χ4n) is 7.92. The van der Waals surface area contributed by atoms with Gasteiger partial charge >= 0.3 is 6.18 Å². The third kappa shape index (κ3) is 9.93. The van der Waals surface area contributed by atoms with E-state index in [-0.39, 0.29) is 77.7 Å². The van der Waals surface area contributed by atoms with Crippen molar-refractivity contribution in [3.05, 3.63) is 81.6 Å². The van der Waals surface area contributed by atoms with Gasteiger partial charge in [-0.2, -0.15) is 18.4 Å². The zero-order valence-electron chi connectivity index (χ0n) is 33.0. The van der Waals surface area contributed by atoms with Crippen molar-refractivity contribution in [1.82, 2.24) is 15.2 Å². The number of likely N-dealkylation sites (tertiary alicyclic amines) is 1. The summed E-state index contributed by atoms with van der Waals surface area (Å²) >= 11 is 11.9. The number of nitrogens with one attached hydrogen (secondary N) is 1. The van der Waals surface area contributed by atoms with Crippen LogP contribution < -0.4 is 19.9 Å². The average Bonchev–Trinajstić information content (AvgIpc) is 3.34. The van der Waals surface area contributed by atoms with Crippen molar-refractivity contribution in [3.8, 4) is 11.8 Å².